The van der Waals surface area contributed by atoms with Crippen LogP contribution in [0.5, 0.6) is 5.75 Å². The molecular weight excluding hydrogens is 262 g/mol. The average Bonchev–Trinajstić information content (AvgIpc) is 2.83. The number of nitrogens with zero attached hydrogens (tertiary/aromatic N) is 2. The summed E-state index contributed by atoms with van der Waals surface area (Å²) in [6.07, 6.45) is 0.910. The van der Waals surface area contributed by atoms with Gasteiger partial charge in [0.25, 0.3) is 0 Å². The molecule has 0 spiro atoms. The highest BCUT2D eigenvalue weighted by Gasteiger charge is 2.15. The van der Waals surface area contributed by atoms with Crippen LogP contribution in [-0.2, 0) is 6.42 Å². The van der Waals surface area contributed by atoms with Gasteiger partial charge in [0.05, 0.1) is 18.1 Å². The number of hydrogen-bond acceptors (Lipinski definition) is 3. The van der Waals surface area contributed by atoms with Crippen LogP contribution in [0.25, 0.3) is 11.0 Å². The van der Waals surface area contributed by atoms with E-state index in [1.807, 2.05) is 24.3 Å². The molecule has 0 aliphatic rings. The van der Waals surface area contributed by atoms with Gasteiger partial charge >= 0.3 is 0 Å². The van der Waals surface area contributed by atoms with E-state index in [4.69, 9.17) is 10.5 Å². The van der Waals surface area contributed by atoms with Crippen molar-refractivity contribution in [1.29, 1.82) is 0 Å². The largest absolute Gasteiger partial charge is 0.497 e. The van der Waals surface area contributed by atoms with Crippen LogP contribution in [0.3, 0.4) is 0 Å². The number of nitrogen functional groups attached to an aromatic ring is 1. The molecule has 4 heteroatoms. The van der Waals surface area contributed by atoms with Gasteiger partial charge in [0, 0.05) is 12.1 Å². The van der Waals surface area contributed by atoms with E-state index >= 15 is 0 Å². The van der Waals surface area contributed by atoms with Crippen molar-refractivity contribution in [2.45, 2.75) is 19.4 Å². The first-order valence-electron chi connectivity index (χ1n) is 7.04. The fourth-order valence-electron chi connectivity index (χ4n) is 2.73. The Hall–Kier alpha value is -2.49. The van der Waals surface area contributed by atoms with Crippen LogP contribution < -0.4 is 10.5 Å². The van der Waals surface area contributed by atoms with Crippen molar-refractivity contribution in [3.8, 4) is 5.75 Å². The van der Waals surface area contributed by atoms with Crippen LogP contribution in [-0.4, -0.2) is 16.7 Å². The highest BCUT2D eigenvalue weighted by atomic mass is 16.5. The van der Waals surface area contributed by atoms with Gasteiger partial charge in [-0.05, 0) is 31.0 Å². The molecule has 0 saturated heterocycles. The zero-order valence-corrected chi connectivity index (χ0v) is 12.3. The third kappa shape index (κ3) is 2.57. The summed E-state index contributed by atoms with van der Waals surface area (Å²) in [5.74, 6) is 1.36. The molecule has 0 amide bonds. The molecule has 1 unspecified atom stereocenters. The number of benzene rings is 2. The summed E-state index contributed by atoms with van der Waals surface area (Å²) in [5, 5.41) is 0. The predicted molar refractivity (Wildman–Crippen MR) is 85.6 cm³/mol. The first-order valence-corrected chi connectivity index (χ1v) is 7.04. The van der Waals surface area contributed by atoms with Crippen LogP contribution in [0.1, 0.15) is 18.5 Å². The molecule has 1 aromatic heterocycles. The van der Waals surface area contributed by atoms with E-state index < -0.39 is 0 Å². The normalized spacial score (nSPS) is 12.5. The molecule has 0 radical (unpaired) electrons. The van der Waals surface area contributed by atoms with Crippen molar-refractivity contribution in [1.82, 2.24) is 9.55 Å². The van der Waals surface area contributed by atoms with Gasteiger partial charge in [-0.15, -0.1) is 0 Å². The number of hydrogen-bond donors (Lipinski definition) is 1. The molecule has 1 heterocycles. The second-order valence-electron chi connectivity index (χ2n) is 5.23. The summed E-state index contributed by atoms with van der Waals surface area (Å²) in [5.41, 5.74) is 9.30. The lowest BCUT2D eigenvalue weighted by Crippen LogP contribution is -2.11. The summed E-state index contributed by atoms with van der Waals surface area (Å²) in [7, 11) is 1.67. The molecule has 0 aliphatic carbocycles. The minimum atomic E-state index is 0.226. The molecule has 0 bridgehead atoms. The Bertz CT molecular complexity index is 749. The van der Waals surface area contributed by atoms with E-state index in [-0.39, 0.29) is 6.04 Å². The van der Waals surface area contributed by atoms with Crippen molar-refractivity contribution in [3.05, 3.63) is 54.1 Å². The number of aromatic nitrogens is 2. The van der Waals surface area contributed by atoms with E-state index in [9.17, 15) is 0 Å². The van der Waals surface area contributed by atoms with Gasteiger partial charge in [-0.25, -0.2) is 4.98 Å². The minimum absolute atomic E-state index is 0.226. The van der Waals surface area contributed by atoms with Crippen molar-refractivity contribution in [2.24, 2.45) is 0 Å². The standard InChI is InChI=1S/C17H19N3O/c1-12(10-13-6-4-3-5-7-13)20-16-11-14(21-2)8-9-15(16)19-17(20)18/h3-9,11-12H,10H2,1-2H3,(H2,18,19). The number of ether oxygens (including phenoxy) is 1. The van der Waals surface area contributed by atoms with Crippen LogP contribution in [0.2, 0.25) is 0 Å². The number of nitrogens with two attached hydrogens (primary N) is 1. The molecule has 0 aliphatic heterocycles. The van der Waals surface area contributed by atoms with E-state index in [2.05, 4.69) is 40.7 Å². The Morgan fingerprint density at radius 2 is 1.95 bits per heavy atom. The second kappa shape index (κ2) is 5.48. The predicted octanol–water partition coefficient (Wildman–Crippen LogP) is 3.43. The Morgan fingerprint density at radius 1 is 1.19 bits per heavy atom. The molecular formula is C17H19N3O. The monoisotopic (exact) mass is 281 g/mol. The van der Waals surface area contributed by atoms with E-state index in [1.54, 1.807) is 7.11 Å². The lowest BCUT2D eigenvalue weighted by molar-refractivity contribution is 0.415. The van der Waals surface area contributed by atoms with Gasteiger partial charge in [0.1, 0.15) is 5.75 Å². The molecule has 0 saturated carbocycles. The summed E-state index contributed by atoms with van der Waals surface area (Å²) in [6.45, 7) is 2.16. The van der Waals surface area contributed by atoms with Gasteiger partial charge < -0.3 is 15.0 Å². The van der Waals surface area contributed by atoms with Gasteiger partial charge in [0.15, 0.2) is 0 Å². The number of rotatable bonds is 4. The topological polar surface area (TPSA) is 53.1 Å². The number of methoxy groups -OCH3 is 1. The van der Waals surface area contributed by atoms with E-state index in [0.717, 1.165) is 23.2 Å². The minimum Gasteiger partial charge on any atom is -0.497 e. The maximum Gasteiger partial charge on any atom is 0.201 e. The molecule has 1 atom stereocenters. The number of fused-ring (bicyclic) bond motifs is 1. The van der Waals surface area contributed by atoms with Crippen LogP contribution in [0.4, 0.5) is 5.95 Å². The molecule has 2 aromatic carbocycles. The molecule has 3 aromatic rings. The SMILES string of the molecule is COc1ccc2nc(N)n(C(C)Cc3ccccc3)c2c1. The molecule has 2 N–H and O–H groups in total. The van der Waals surface area contributed by atoms with Crippen molar-refractivity contribution in [3.63, 3.8) is 0 Å². The maximum absolute atomic E-state index is 6.11. The van der Waals surface area contributed by atoms with Crippen molar-refractivity contribution >= 4 is 17.0 Å². The van der Waals surface area contributed by atoms with Gasteiger partial charge in [-0.2, -0.15) is 0 Å². The van der Waals surface area contributed by atoms with Crippen LogP contribution in [0.15, 0.2) is 48.5 Å². The summed E-state index contributed by atoms with van der Waals surface area (Å²) in [6, 6.07) is 16.5. The molecule has 0 fully saturated rings. The third-order valence-corrected chi connectivity index (χ3v) is 3.74. The second-order valence-corrected chi connectivity index (χ2v) is 5.23. The first-order chi connectivity index (χ1) is 10.2. The van der Waals surface area contributed by atoms with Gasteiger partial charge in [-0.3, -0.25) is 0 Å². The highest BCUT2D eigenvalue weighted by Crippen LogP contribution is 2.27. The summed E-state index contributed by atoms with van der Waals surface area (Å²) >= 11 is 0. The van der Waals surface area contributed by atoms with Crippen molar-refractivity contribution in [2.75, 3.05) is 12.8 Å². The quantitative estimate of drug-likeness (QED) is 0.797. The third-order valence-electron chi connectivity index (χ3n) is 3.74. The van der Waals surface area contributed by atoms with Gasteiger partial charge in [0.2, 0.25) is 5.95 Å². The van der Waals surface area contributed by atoms with Crippen LogP contribution in [0, 0.1) is 0 Å². The zero-order chi connectivity index (χ0) is 14.8. The molecule has 108 valence electrons. The first kappa shape index (κ1) is 13.5. The lowest BCUT2D eigenvalue weighted by atomic mass is 10.1. The Morgan fingerprint density at radius 3 is 2.67 bits per heavy atom. The number of anilines is 1. The fourth-order valence-corrected chi connectivity index (χ4v) is 2.73. The summed E-state index contributed by atoms with van der Waals surface area (Å²) in [4.78, 5) is 4.44. The smallest absolute Gasteiger partial charge is 0.201 e. The highest BCUT2D eigenvalue weighted by molar-refractivity contribution is 5.80. The Labute approximate surface area is 124 Å². The Kier molecular flexibility index (Phi) is 3.52. The van der Waals surface area contributed by atoms with E-state index in [0.29, 0.717) is 5.95 Å². The Balaban J connectivity index is 2.00. The molecule has 4 nitrogen and oxygen atoms in total. The fraction of sp³-hybridized carbons (Fsp3) is 0.235. The lowest BCUT2D eigenvalue weighted by Gasteiger charge is -2.16. The average molecular weight is 281 g/mol. The maximum atomic E-state index is 6.11. The molecule has 21 heavy (non-hydrogen) atoms. The number of imidazole rings is 1. The van der Waals surface area contributed by atoms with Crippen molar-refractivity contribution < 1.29 is 4.74 Å². The van der Waals surface area contributed by atoms with Gasteiger partial charge in [-0.1, -0.05) is 30.3 Å². The van der Waals surface area contributed by atoms with Crippen LogP contribution >= 0.6 is 0 Å². The van der Waals surface area contributed by atoms with E-state index in [1.165, 1.54) is 5.56 Å². The summed E-state index contributed by atoms with van der Waals surface area (Å²) < 4.78 is 7.38. The molecule has 3 rings (SSSR count). The zero-order valence-electron chi connectivity index (χ0n) is 12.3.